The largest absolute Gasteiger partial charge is 0.481 e. The van der Waals surface area contributed by atoms with E-state index in [0.717, 1.165) is 12.3 Å². The third kappa shape index (κ3) is 3.97. The van der Waals surface area contributed by atoms with E-state index in [-0.39, 0.29) is 34.5 Å². The lowest BCUT2D eigenvalue weighted by atomic mass is 9.92. The van der Waals surface area contributed by atoms with Crippen molar-refractivity contribution in [1.82, 2.24) is 4.57 Å². The second-order valence-electron chi connectivity index (χ2n) is 7.79. The topological polar surface area (TPSA) is 93.4 Å². The lowest BCUT2D eigenvalue weighted by molar-refractivity contribution is -0.137. The number of carboxylic acids is 1. The fourth-order valence-electron chi connectivity index (χ4n) is 4.37. The molecule has 0 amide bonds. The molecular formula is C22H19ClFNO5S. The van der Waals surface area contributed by atoms with Crippen LogP contribution in [0.5, 0.6) is 0 Å². The van der Waals surface area contributed by atoms with Gasteiger partial charge in [0.1, 0.15) is 5.82 Å². The lowest BCUT2D eigenvalue weighted by Crippen LogP contribution is -2.11. The number of benzene rings is 2. The summed E-state index contributed by atoms with van der Waals surface area (Å²) in [6.07, 6.45) is 1.22. The number of carboxylic acid groups (broad SMARTS) is 1. The molecule has 3 aromatic rings. The Balaban J connectivity index is 1.98. The summed E-state index contributed by atoms with van der Waals surface area (Å²) in [7, 11) is -3.85. The summed E-state index contributed by atoms with van der Waals surface area (Å²) in [5.74, 6) is -2.57. The molecule has 0 radical (unpaired) electrons. The summed E-state index contributed by atoms with van der Waals surface area (Å²) in [6.45, 7) is 0.380. The fraction of sp³-hybridized carbons (Fsp3) is 0.273. The van der Waals surface area contributed by atoms with Crippen molar-refractivity contribution in [2.24, 2.45) is 0 Å². The predicted molar refractivity (Wildman–Crippen MR) is 114 cm³/mol. The first kappa shape index (κ1) is 21.5. The standard InChI is InChI=1S/C22H19ClFNO5S/c1-31(29,30)18-11-15(24)10-16-20(18)21(17(26)8-12-2-4-14(23)5-3-12)22-13(9-19(27)28)6-7-25(16)22/h2-5,10-11,13H,6-9H2,1H3,(H,27,28). The molecule has 0 saturated heterocycles. The Labute approximate surface area is 183 Å². The van der Waals surface area contributed by atoms with Crippen molar-refractivity contribution >= 4 is 44.1 Å². The molecule has 0 bridgehead atoms. The number of ketones is 1. The summed E-state index contributed by atoms with van der Waals surface area (Å²) in [5.41, 5.74) is 1.60. The van der Waals surface area contributed by atoms with E-state index < -0.39 is 27.5 Å². The Morgan fingerprint density at radius 3 is 2.52 bits per heavy atom. The number of Topliss-reactive ketones (excluding diaryl/α,β-unsaturated/α-hetero) is 1. The Morgan fingerprint density at radius 2 is 1.90 bits per heavy atom. The van der Waals surface area contributed by atoms with E-state index in [2.05, 4.69) is 0 Å². The molecule has 2 heterocycles. The van der Waals surface area contributed by atoms with E-state index in [1.54, 1.807) is 28.8 Å². The van der Waals surface area contributed by atoms with Crippen LogP contribution in [0.4, 0.5) is 4.39 Å². The average Bonchev–Trinajstić information content (AvgIpc) is 3.20. The second kappa shape index (κ2) is 7.76. The maximum atomic E-state index is 14.3. The van der Waals surface area contributed by atoms with Crippen LogP contribution in [0.1, 0.15) is 40.4 Å². The van der Waals surface area contributed by atoms with Crippen LogP contribution in [0.2, 0.25) is 5.02 Å². The number of carbonyl (C=O) groups excluding carboxylic acids is 1. The molecule has 0 saturated carbocycles. The number of aryl methyl sites for hydroxylation is 1. The first-order chi connectivity index (χ1) is 14.6. The molecule has 4 rings (SSSR count). The van der Waals surface area contributed by atoms with E-state index >= 15 is 0 Å². The number of sulfone groups is 1. The van der Waals surface area contributed by atoms with E-state index in [9.17, 15) is 27.5 Å². The van der Waals surface area contributed by atoms with Crippen molar-refractivity contribution in [1.29, 1.82) is 0 Å². The van der Waals surface area contributed by atoms with Crippen molar-refractivity contribution in [3.05, 3.63) is 64.1 Å². The van der Waals surface area contributed by atoms with Crippen molar-refractivity contribution < 1.29 is 27.5 Å². The van der Waals surface area contributed by atoms with E-state index in [0.29, 0.717) is 34.8 Å². The minimum atomic E-state index is -3.85. The number of halogens is 2. The van der Waals surface area contributed by atoms with Crippen molar-refractivity contribution in [2.75, 3.05) is 6.26 Å². The summed E-state index contributed by atoms with van der Waals surface area (Å²) in [4.78, 5) is 24.6. The minimum absolute atomic E-state index is 0.0242. The number of rotatable bonds is 6. The van der Waals surface area contributed by atoms with Gasteiger partial charge >= 0.3 is 5.97 Å². The number of nitrogens with zero attached hydrogens (tertiary/aromatic N) is 1. The molecule has 0 aliphatic carbocycles. The maximum Gasteiger partial charge on any atom is 0.304 e. The molecular weight excluding hydrogens is 445 g/mol. The van der Waals surface area contributed by atoms with Crippen LogP contribution in [0.25, 0.3) is 10.9 Å². The first-order valence-electron chi connectivity index (χ1n) is 9.61. The zero-order valence-corrected chi connectivity index (χ0v) is 18.1. The van der Waals surface area contributed by atoms with Gasteiger partial charge in [0.15, 0.2) is 15.6 Å². The lowest BCUT2D eigenvalue weighted by Gasteiger charge is -2.11. The van der Waals surface area contributed by atoms with Gasteiger partial charge in [0.2, 0.25) is 0 Å². The quantitative estimate of drug-likeness (QED) is 0.552. The highest BCUT2D eigenvalue weighted by Crippen LogP contribution is 2.43. The van der Waals surface area contributed by atoms with Crippen LogP contribution >= 0.6 is 11.6 Å². The SMILES string of the molecule is CS(=O)(=O)c1cc(F)cc2c1c(C(=O)Cc1ccc(Cl)cc1)c1n2CCC1CC(=O)O. The van der Waals surface area contributed by atoms with Gasteiger partial charge in [-0.3, -0.25) is 9.59 Å². The monoisotopic (exact) mass is 463 g/mol. The zero-order chi connectivity index (χ0) is 22.5. The molecule has 9 heteroatoms. The summed E-state index contributed by atoms with van der Waals surface area (Å²) in [6, 6.07) is 8.82. The molecule has 31 heavy (non-hydrogen) atoms. The Morgan fingerprint density at radius 1 is 1.23 bits per heavy atom. The van der Waals surface area contributed by atoms with Gasteiger partial charge in [0.25, 0.3) is 0 Å². The van der Waals surface area contributed by atoms with Gasteiger partial charge < -0.3 is 9.67 Å². The molecule has 0 spiro atoms. The molecule has 1 N–H and O–H groups in total. The number of hydrogen-bond donors (Lipinski definition) is 1. The highest BCUT2D eigenvalue weighted by atomic mass is 35.5. The average molecular weight is 464 g/mol. The molecule has 2 aromatic carbocycles. The molecule has 1 unspecified atom stereocenters. The van der Waals surface area contributed by atoms with E-state index in [1.807, 2.05) is 0 Å². The van der Waals surface area contributed by atoms with E-state index in [1.165, 1.54) is 6.07 Å². The van der Waals surface area contributed by atoms with Crippen LogP contribution in [-0.2, 0) is 27.6 Å². The molecule has 1 aromatic heterocycles. The number of carbonyl (C=O) groups is 2. The number of aromatic nitrogens is 1. The van der Waals surface area contributed by atoms with Crippen molar-refractivity contribution in [3.8, 4) is 0 Å². The second-order valence-corrected chi connectivity index (χ2v) is 10.2. The van der Waals surface area contributed by atoms with Crippen LogP contribution in [0, 0.1) is 5.82 Å². The molecule has 0 fully saturated rings. The Bertz CT molecular complexity index is 1330. The normalized spacial score (nSPS) is 15.9. The van der Waals surface area contributed by atoms with Gasteiger partial charge in [0, 0.05) is 46.8 Å². The molecule has 6 nitrogen and oxygen atoms in total. The zero-order valence-electron chi connectivity index (χ0n) is 16.6. The third-order valence-electron chi connectivity index (χ3n) is 5.60. The smallest absolute Gasteiger partial charge is 0.304 e. The summed E-state index contributed by atoms with van der Waals surface area (Å²) >= 11 is 5.91. The molecule has 162 valence electrons. The van der Waals surface area contributed by atoms with E-state index in [4.69, 9.17) is 11.6 Å². The molecule has 1 aliphatic rings. The van der Waals surface area contributed by atoms with Gasteiger partial charge in [0.05, 0.1) is 16.8 Å². The van der Waals surface area contributed by atoms with Crippen LogP contribution in [0.3, 0.4) is 0 Å². The van der Waals surface area contributed by atoms with Gasteiger partial charge in [-0.1, -0.05) is 23.7 Å². The Hall–Kier alpha value is -2.71. The number of hydrogen-bond acceptors (Lipinski definition) is 4. The van der Waals surface area contributed by atoms with Crippen molar-refractivity contribution in [2.45, 2.75) is 36.6 Å². The highest BCUT2D eigenvalue weighted by Gasteiger charge is 2.35. The first-order valence-corrected chi connectivity index (χ1v) is 11.9. The predicted octanol–water partition coefficient (Wildman–Crippen LogP) is 4.22. The van der Waals surface area contributed by atoms with Gasteiger partial charge in [-0.05, 0) is 36.2 Å². The third-order valence-corrected chi connectivity index (χ3v) is 6.97. The van der Waals surface area contributed by atoms with Gasteiger partial charge in [-0.2, -0.15) is 0 Å². The van der Waals surface area contributed by atoms with Crippen molar-refractivity contribution in [3.63, 3.8) is 0 Å². The molecule has 1 aliphatic heterocycles. The maximum absolute atomic E-state index is 14.3. The van der Waals surface area contributed by atoms with Crippen LogP contribution in [0.15, 0.2) is 41.3 Å². The highest BCUT2D eigenvalue weighted by molar-refractivity contribution is 7.91. The summed E-state index contributed by atoms with van der Waals surface area (Å²) < 4.78 is 40.9. The molecule has 1 atom stereocenters. The van der Waals surface area contributed by atoms with Crippen LogP contribution in [-0.4, -0.2) is 36.1 Å². The number of fused-ring (bicyclic) bond motifs is 3. The van der Waals surface area contributed by atoms with Gasteiger partial charge in [-0.25, -0.2) is 12.8 Å². The van der Waals surface area contributed by atoms with Gasteiger partial charge in [-0.15, -0.1) is 0 Å². The summed E-state index contributed by atoms with van der Waals surface area (Å²) in [5, 5.41) is 10.0. The van der Waals surface area contributed by atoms with Crippen LogP contribution < -0.4 is 0 Å². The minimum Gasteiger partial charge on any atom is -0.481 e. The number of aliphatic carboxylic acids is 1. The Kier molecular flexibility index (Phi) is 5.39. The fourth-order valence-corrected chi connectivity index (χ4v) is 5.40.